The van der Waals surface area contributed by atoms with Gasteiger partial charge < -0.3 is 5.32 Å². The van der Waals surface area contributed by atoms with E-state index in [1.807, 2.05) is 18.4 Å². The van der Waals surface area contributed by atoms with E-state index in [-0.39, 0.29) is 10.9 Å². The van der Waals surface area contributed by atoms with E-state index >= 15 is 0 Å². The van der Waals surface area contributed by atoms with Crippen molar-refractivity contribution in [2.24, 2.45) is 0 Å². The van der Waals surface area contributed by atoms with Gasteiger partial charge in [-0.15, -0.1) is 0 Å². The maximum absolute atomic E-state index is 12.4. The molecule has 114 valence electrons. The Morgan fingerprint density at radius 1 is 1.29 bits per heavy atom. The molecule has 0 fully saturated rings. The van der Waals surface area contributed by atoms with Gasteiger partial charge in [0.25, 0.3) is 10.0 Å². The van der Waals surface area contributed by atoms with Crippen LogP contribution in [0.2, 0.25) is 0 Å². The largest absolute Gasteiger partial charge is 0.310 e. The Morgan fingerprint density at radius 3 is 2.76 bits per heavy atom. The van der Waals surface area contributed by atoms with E-state index in [0.717, 1.165) is 18.5 Å². The zero-order valence-corrected chi connectivity index (χ0v) is 13.8. The maximum atomic E-state index is 12.4. The molecule has 2 aromatic rings. The summed E-state index contributed by atoms with van der Waals surface area (Å²) in [5, 5.41) is 6.97. The van der Waals surface area contributed by atoms with Crippen molar-refractivity contribution in [2.45, 2.75) is 31.2 Å². The topological polar surface area (TPSA) is 58.2 Å². The minimum atomic E-state index is -3.53. The van der Waals surface area contributed by atoms with Gasteiger partial charge in [-0.3, -0.25) is 4.72 Å². The van der Waals surface area contributed by atoms with Gasteiger partial charge in [-0.2, -0.15) is 11.3 Å². The van der Waals surface area contributed by atoms with Gasteiger partial charge in [-0.05, 0) is 49.0 Å². The van der Waals surface area contributed by atoms with Crippen molar-refractivity contribution in [3.63, 3.8) is 0 Å². The fraction of sp³-hybridized carbons (Fsp3) is 0.333. The molecule has 0 aliphatic rings. The lowest BCUT2D eigenvalue weighted by molar-refractivity contribution is 0.569. The summed E-state index contributed by atoms with van der Waals surface area (Å²) in [4.78, 5) is 0.288. The summed E-state index contributed by atoms with van der Waals surface area (Å²) < 4.78 is 27.3. The Labute approximate surface area is 130 Å². The molecule has 1 unspecified atom stereocenters. The van der Waals surface area contributed by atoms with Crippen LogP contribution in [0.3, 0.4) is 0 Å². The van der Waals surface area contributed by atoms with Crippen LogP contribution in [0, 0.1) is 0 Å². The Bertz CT molecular complexity index is 667. The second-order valence-corrected chi connectivity index (χ2v) is 7.33. The van der Waals surface area contributed by atoms with E-state index in [1.165, 1.54) is 11.3 Å². The molecule has 2 N–H and O–H groups in total. The van der Waals surface area contributed by atoms with Crippen molar-refractivity contribution >= 4 is 27.0 Å². The highest BCUT2D eigenvalue weighted by Crippen LogP contribution is 2.21. The monoisotopic (exact) mass is 324 g/mol. The lowest BCUT2D eigenvalue weighted by Gasteiger charge is -2.15. The molecule has 1 aromatic carbocycles. The zero-order chi connectivity index (χ0) is 15.3. The lowest BCUT2D eigenvalue weighted by atomic mass is 10.1. The Hall–Kier alpha value is -1.37. The van der Waals surface area contributed by atoms with Crippen LogP contribution in [0.15, 0.2) is 46.0 Å². The molecule has 0 saturated carbocycles. The minimum Gasteiger partial charge on any atom is -0.310 e. The molecule has 1 aromatic heterocycles. The number of sulfonamides is 1. The standard InChI is InChI=1S/C15H20N2O2S2/c1-3-8-16-12(2)13-5-4-6-15(10-13)21(18,19)17-14-7-9-20-11-14/h4-7,9-12,16-17H,3,8H2,1-2H3. The maximum Gasteiger partial charge on any atom is 0.261 e. The third kappa shape index (κ3) is 4.30. The van der Waals surface area contributed by atoms with Crippen molar-refractivity contribution in [1.29, 1.82) is 0 Å². The first kappa shape index (κ1) is 16.0. The smallest absolute Gasteiger partial charge is 0.261 e. The Kier molecular flexibility index (Phi) is 5.39. The average Bonchev–Trinajstić information content (AvgIpc) is 2.97. The third-order valence-corrected chi connectivity index (χ3v) is 5.20. The van der Waals surface area contributed by atoms with Gasteiger partial charge in [0, 0.05) is 11.4 Å². The molecule has 0 amide bonds. The number of rotatable bonds is 7. The van der Waals surface area contributed by atoms with Gasteiger partial charge in [0.05, 0.1) is 10.6 Å². The van der Waals surface area contributed by atoms with Crippen molar-refractivity contribution in [3.05, 3.63) is 46.7 Å². The first-order chi connectivity index (χ1) is 10.0. The van der Waals surface area contributed by atoms with Crippen LogP contribution < -0.4 is 10.0 Å². The zero-order valence-electron chi connectivity index (χ0n) is 12.2. The average molecular weight is 324 g/mol. The lowest BCUT2D eigenvalue weighted by Crippen LogP contribution is -2.20. The highest BCUT2D eigenvalue weighted by molar-refractivity contribution is 7.92. The summed E-state index contributed by atoms with van der Waals surface area (Å²) in [6, 6.07) is 8.93. The predicted molar refractivity (Wildman–Crippen MR) is 88.3 cm³/mol. The van der Waals surface area contributed by atoms with Gasteiger partial charge >= 0.3 is 0 Å². The fourth-order valence-electron chi connectivity index (χ4n) is 1.97. The van der Waals surface area contributed by atoms with Crippen LogP contribution in [0.1, 0.15) is 31.9 Å². The summed E-state index contributed by atoms with van der Waals surface area (Å²) in [6.07, 6.45) is 1.04. The predicted octanol–water partition coefficient (Wildman–Crippen LogP) is 3.61. The molecule has 6 heteroatoms. The second kappa shape index (κ2) is 7.06. The summed E-state index contributed by atoms with van der Waals surface area (Å²) in [5.74, 6) is 0. The first-order valence-corrected chi connectivity index (χ1v) is 9.34. The number of anilines is 1. The molecule has 0 spiro atoms. The van der Waals surface area contributed by atoms with E-state index in [0.29, 0.717) is 5.69 Å². The van der Waals surface area contributed by atoms with E-state index < -0.39 is 10.0 Å². The molecule has 2 rings (SSSR count). The molecule has 0 aliphatic carbocycles. The molecule has 21 heavy (non-hydrogen) atoms. The van der Waals surface area contributed by atoms with Gasteiger partial charge in [0.15, 0.2) is 0 Å². The van der Waals surface area contributed by atoms with Crippen molar-refractivity contribution in [2.75, 3.05) is 11.3 Å². The highest BCUT2D eigenvalue weighted by Gasteiger charge is 2.16. The number of thiophene rings is 1. The Balaban J connectivity index is 2.20. The van der Waals surface area contributed by atoms with Crippen molar-refractivity contribution in [3.8, 4) is 0 Å². The summed E-state index contributed by atoms with van der Waals surface area (Å²) in [5.41, 5.74) is 1.57. The first-order valence-electron chi connectivity index (χ1n) is 6.91. The van der Waals surface area contributed by atoms with Gasteiger partial charge in [-0.25, -0.2) is 8.42 Å². The second-order valence-electron chi connectivity index (χ2n) is 4.87. The van der Waals surface area contributed by atoms with E-state index in [9.17, 15) is 8.42 Å². The van der Waals surface area contributed by atoms with Crippen LogP contribution >= 0.6 is 11.3 Å². The van der Waals surface area contributed by atoms with E-state index in [2.05, 4.69) is 17.0 Å². The molecular weight excluding hydrogens is 304 g/mol. The molecule has 1 atom stereocenters. The van der Waals surface area contributed by atoms with Gasteiger partial charge in [0.1, 0.15) is 0 Å². The Morgan fingerprint density at radius 2 is 2.10 bits per heavy atom. The van der Waals surface area contributed by atoms with Crippen LogP contribution in [0.5, 0.6) is 0 Å². The molecule has 0 saturated heterocycles. The molecule has 1 heterocycles. The molecular formula is C15H20N2O2S2. The number of hydrogen-bond acceptors (Lipinski definition) is 4. The SMILES string of the molecule is CCCNC(C)c1cccc(S(=O)(=O)Nc2ccsc2)c1. The third-order valence-electron chi connectivity index (χ3n) is 3.14. The summed E-state index contributed by atoms with van der Waals surface area (Å²) >= 11 is 1.46. The number of hydrogen-bond donors (Lipinski definition) is 2. The van der Waals surface area contributed by atoms with Crippen molar-refractivity contribution in [1.82, 2.24) is 5.32 Å². The molecule has 0 aliphatic heterocycles. The van der Waals surface area contributed by atoms with Gasteiger partial charge in [0.2, 0.25) is 0 Å². The summed E-state index contributed by atoms with van der Waals surface area (Å²) in [6.45, 7) is 5.05. The van der Waals surface area contributed by atoms with E-state index in [1.54, 1.807) is 29.6 Å². The van der Waals surface area contributed by atoms with E-state index in [4.69, 9.17) is 0 Å². The quantitative estimate of drug-likeness (QED) is 0.818. The molecule has 0 bridgehead atoms. The van der Waals surface area contributed by atoms with Gasteiger partial charge in [-0.1, -0.05) is 19.1 Å². The van der Waals surface area contributed by atoms with Crippen LogP contribution in [0.25, 0.3) is 0 Å². The molecule has 0 radical (unpaired) electrons. The van der Waals surface area contributed by atoms with Crippen molar-refractivity contribution < 1.29 is 8.42 Å². The minimum absolute atomic E-state index is 0.126. The van der Waals surface area contributed by atoms with Crippen LogP contribution in [-0.4, -0.2) is 15.0 Å². The molecule has 4 nitrogen and oxygen atoms in total. The summed E-state index contributed by atoms with van der Waals surface area (Å²) in [7, 11) is -3.53. The number of nitrogens with one attached hydrogen (secondary N) is 2. The van der Waals surface area contributed by atoms with Crippen LogP contribution in [0.4, 0.5) is 5.69 Å². The highest BCUT2D eigenvalue weighted by atomic mass is 32.2. The number of benzene rings is 1. The normalized spacial score (nSPS) is 13.0. The fourth-order valence-corrected chi connectivity index (χ4v) is 3.73. The van der Waals surface area contributed by atoms with Crippen LogP contribution in [-0.2, 0) is 10.0 Å².